The van der Waals surface area contributed by atoms with Crippen molar-refractivity contribution in [2.24, 2.45) is 0 Å². The maximum Gasteiger partial charge on any atom is 0.205 e. The third-order valence-corrected chi connectivity index (χ3v) is 4.45. The minimum absolute atomic E-state index is 0.605. The van der Waals surface area contributed by atoms with Gasteiger partial charge in [-0.1, -0.05) is 24.7 Å². The lowest BCUT2D eigenvalue weighted by Crippen LogP contribution is -2.26. The van der Waals surface area contributed by atoms with Gasteiger partial charge >= 0.3 is 0 Å². The molecule has 1 heterocycles. The van der Waals surface area contributed by atoms with Gasteiger partial charge in [0.15, 0.2) is 0 Å². The lowest BCUT2D eigenvalue weighted by atomic mass is 10.2. The molecule has 1 aromatic rings. The van der Waals surface area contributed by atoms with E-state index in [9.17, 15) is 0 Å². The molecule has 1 N–H and O–H groups in total. The quantitative estimate of drug-likeness (QED) is 0.861. The van der Waals surface area contributed by atoms with Crippen molar-refractivity contribution in [1.29, 1.82) is 0 Å². The Labute approximate surface area is 92.7 Å². The van der Waals surface area contributed by atoms with Crippen LogP contribution in [0.1, 0.15) is 26.2 Å². The highest BCUT2D eigenvalue weighted by atomic mass is 32.2. The van der Waals surface area contributed by atoms with Crippen molar-refractivity contribution in [3.8, 4) is 0 Å². The summed E-state index contributed by atoms with van der Waals surface area (Å²) in [5.41, 5.74) is 1.78. The average molecular weight is 229 g/mol. The molecule has 0 amide bonds. The summed E-state index contributed by atoms with van der Waals surface area (Å²) in [7, 11) is 0. The zero-order chi connectivity index (χ0) is 9.80. The molecule has 0 aliphatic heterocycles. The summed E-state index contributed by atoms with van der Waals surface area (Å²) in [6.45, 7) is 2.23. The van der Waals surface area contributed by atoms with Gasteiger partial charge in [0.25, 0.3) is 0 Å². The fourth-order valence-corrected chi connectivity index (χ4v) is 3.61. The van der Waals surface area contributed by atoms with E-state index in [4.69, 9.17) is 0 Å². The summed E-state index contributed by atoms with van der Waals surface area (Å²) in [5, 5.41) is 13.1. The highest BCUT2D eigenvalue weighted by Crippen LogP contribution is 2.32. The van der Waals surface area contributed by atoms with Gasteiger partial charge in [-0.25, -0.2) is 0 Å². The standard InChI is InChI=1S/C9H15N3S2/c1-2-13-8-5-3-4-7(8)11-9-12-10-6-14-9/h6-8H,2-5H2,1H3,(H,11,12). The summed E-state index contributed by atoms with van der Waals surface area (Å²) in [6.07, 6.45) is 3.96. The molecular formula is C9H15N3S2. The van der Waals surface area contributed by atoms with E-state index in [1.54, 1.807) is 16.8 Å². The van der Waals surface area contributed by atoms with Crippen molar-refractivity contribution in [3.05, 3.63) is 5.51 Å². The van der Waals surface area contributed by atoms with Crippen LogP contribution >= 0.6 is 23.1 Å². The predicted molar refractivity (Wildman–Crippen MR) is 63.1 cm³/mol. The van der Waals surface area contributed by atoms with Crippen LogP contribution in [0.5, 0.6) is 0 Å². The summed E-state index contributed by atoms with van der Waals surface area (Å²) < 4.78 is 0. The Kier molecular flexibility index (Phi) is 3.64. The van der Waals surface area contributed by atoms with E-state index in [0.29, 0.717) is 6.04 Å². The fraction of sp³-hybridized carbons (Fsp3) is 0.778. The first-order valence-electron chi connectivity index (χ1n) is 5.04. The summed E-state index contributed by atoms with van der Waals surface area (Å²) in [4.78, 5) is 0. The van der Waals surface area contributed by atoms with Gasteiger partial charge in [0.1, 0.15) is 5.51 Å². The Morgan fingerprint density at radius 3 is 3.29 bits per heavy atom. The molecule has 0 saturated heterocycles. The van der Waals surface area contributed by atoms with Gasteiger partial charge in [0.05, 0.1) is 0 Å². The molecule has 14 heavy (non-hydrogen) atoms. The molecule has 3 nitrogen and oxygen atoms in total. The van der Waals surface area contributed by atoms with Crippen LogP contribution in [-0.2, 0) is 0 Å². The van der Waals surface area contributed by atoms with E-state index in [2.05, 4.69) is 34.2 Å². The molecule has 0 bridgehead atoms. The highest BCUT2D eigenvalue weighted by molar-refractivity contribution is 7.99. The van der Waals surface area contributed by atoms with Crippen LogP contribution in [0.25, 0.3) is 0 Å². The number of hydrogen-bond acceptors (Lipinski definition) is 5. The Balaban J connectivity index is 1.90. The minimum Gasteiger partial charge on any atom is -0.356 e. The second-order valence-corrected chi connectivity index (χ2v) is 5.77. The molecule has 0 aromatic carbocycles. The molecule has 0 spiro atoms. The van der Waals surface area contributed by atoms with Crippen LogP contribution in [0.15, 0.2) is 5.51 Å². The lowest BCUT2D eigenvalue weighted by molar-refractivity contribution is 0.763. The van der Waals surface area contributed by atoms with Crippen LogP contribution in [0, 0.1) is 0 Å². The SMILES string of the molecule is CCSC1CCCC1Nc1nncs1. The monoisotopic (exact) mass is 229 g/mol. The first kappa shape index (κ1) is 10.2. The number of thioether (sulfide) groups is 1. The van der Waals surface area contributed by atoms with E-state index >= 15 is 0 Å². The number of nitrogens with zero attached hydrogens (tertiary/aromatic N) is 2. The van der Waals surface area contributed by atoms with Gasteiger partial charge in [-0.05, 0) is 18.6 Å². The molecule has 1 saturated carbocycles. The third-order valence-electron chi connectivity index (χ3n) is 2.50. The second-order valence-electron chi connectivity index (χ2n) is 3.42. The molecule has 1 aliphatic rings. The van der Waals surface area contributed by atoms with Crippen LogP contribution in [0.2, 0.25) is 0 Å². The third kappa shape index (κ3) is 2.39. The number of rotatable bonds is 4. The predicted octanol–water partition coefficient (Wildman–Crippen LogP) is 2.62. The van der Waals surface area contributed by atoms with Crippen molar-refractivity contribution in [1.82, 2.24) is 10.2 Å². The van der Waals surface area contributed by atoms with E-state index in [1.807, 2.05) is 0 Å². The largest absolute Gasteiger partial charge is 0.356 e. The van der Waals surface area contributed by atoms with Gasteiger partial charge in [-0.2, -0.15) is 11.8 Å². The summed E-state index contributed by atoms with van der Waals surface area (Å²) >= 11 is 3.65. The molecule has 2 unspecified atom stereocenters. The van der Waals surface area contributed by atoms with Crippen molar-refractivity contribution >= 4 is 28.2 Å². The van der Waals surface area contributed by atoms with E-state index in [1.165, 1.54) is 25.0 Å². The first-order chi connectivity index (χ1) is 6.90. The van der Waals surface area contributed by atoms with E-state index in [-0.39, 0.29) is 0 Å². The van der Waals surface area contributed by atoms with Crippen molar-refractivity contribution in [2.75, 3.05) is 11.1 Å². The van der Waals surface area contributed by atoms with Crippen LogP contribution in [0.3, 0.4) is 0 Å². The van der Waals surface area contributed by atoms with E-state index < -0.39 is 0 Å². The Morgan fingerprint density at radius 1 is 1.64 bits per heavy atom. The smallest absolute Gasteiger partial charge is 0.205 e. The molecular weight excluding hydrogens is 214 g/mol. The van der Waals surface area contributed by atoms with Crippen LogP contribution in [-0.4, -0.2) is 27.2 Å². The Morgan fingerprint density at radius 2 is 2.57 bits per heavy atom. The Hall–Kier alpha value is -0.290. The van der Waals surface area contributed by atoms with Crippen molar-refractivity contribution < 1.29 is 0 Å². The number of hydrogen-bond donors (Lipinski definition) is 1. The molecule has 5 heteroatoms. The molecule has 78 valence electrons. The summed E-state index contributed by atoms with van der Waals surface area (Å²) in [6, 6.07) is 0.605. The van der Waals surface area contributed by atoms with Gasteiger partial charge in [-0.3, -0.25) is 0 Å². The van der Waals surface area contributed by atoms with Gasteiger partial charge in [0.2, 0.25) is 5.13 Å². The lowest BCUT2D eigenvalue weighted by Gasteiger charge is -2.18. The van der Waals surface area contributed by atoms with Crippen LogP contribution in [0.4, 0.5) is 5.13 Å². The van der Waals surface area contributed by atoms with Crippen molar-refractivity contribution in [2.45, 2.75) is 37.5 Å². The average Bonchev–Trinajstić information content (AvgIpc) is 2.80. The molecule has 1 aromatic heterocycles. The molecule has 0 radical (unpaired) electrons. The van der Waals surface area contributed by atoms with Gasteiger partial charge < -0.3 is 5.32 Å². The zero-order valence-electron chi connectivity index (χ0n) is 8.27. The fourth-order valence-electron chi connectivity index (χ4n) is 1.90. The normalized spacial score (nSPS) is 26.6. The second kappa shape index (κ2) is 4.98. The number of anilines is 1. The maximum absolute atomic E-state index is 4.02. The molecule has 1 aliphatic carbocycles. The molecule has 2 rings (SSSR count). The Bertz CT molecular complexity index is 263. The number of aromatic nitrogens is 2. The van der Waals surface area contributed by atoms with E-state index in [0.717, 1.165) is 10.4 Å². The first-order valence-corrected chi connectivity index (χ1v) is 6.97. The van der Waals surface area contributed by atoms with Crippen LogP contribution < -0.4 is 5.32 Å². The summed E-state index contributed by atoms with van der Waals surface area (Å²) in [5.74, 6) is 1.21. The maximum atomic E-state index is 4.02. The van der Waals surface area contributed by atoms with Crippen molar-refractivity contribution in [3.63, 3.8) is 0 Å². The highest BCUT2D eigenvalue weighted by Gasteiger charge is 2.27. The topological polar surface area (TPSA) is 37.8 Å². The van der Waals surface area contributed by atoms with Gasteiger partial charge in [0, 0.05) is 11.3 Å². The number of nitrogens with one attached hydrogen (secondary N) is 1. The van der Waals surface area contributed by atoms with Gasteiger partial charge in [-0.15, -0.1) is 10.2 Å². The minimum atomic E-state index is 0.605. The molecule has 1 fully saturated rings. The molecule has 2 atom stereocenters. The zero-order valence-corrected chi connectivity index (χ0v) is 9.90.